The molecule has 2 aromatic carbocycles. The molecule has 154 valence electrons. The average molecular weight is 434 g/mol. The molecule has 0 saturated carbocycles. The van der Waals surface area contributed by atoms with E-state index in [2.05, 4.69) is 16.8 Å². The van der Waals surface area contributed by atoms with E-state index < -0.39 is 28.8 Å². The van der Waals surface area contributed by atoms with Gasteiger partial charge in [0.15, 0.2) is 11.6 Å². The van der Waals surface area contributed by atoms with Gasteiger partial charge >= 0.3 is 0 Å². The van der Waals surface area contributed by atoms with Crippen molar-refractivity contribution in [2.24, 2.45) is 0 Å². The molecular formula is C24H16F2N2O2S. The number of ketones is 1. The van der Waals surface area contributed by atoms with E-state index in [9.17, 15) is 18.1 Å². The number of rotatable bonds is 2. The Morgan fingerprint density at radius 2 is 1.87 bits per heavy atom. The van der Waals surface area contributed by atoms with Crippen molar-refractivity contribution in [2.75, 3.05) is 11.4 Å². The third-order valence-electron chi connectivity index (χ3n) is 4.76. The van der Waals surface area contributed by atoms with Crippen molar-refractivity contribution in [1.82, 2.24) is 4.98 Å². The van der Waals surface area contributed by atoms with Crippen LogP contribution in [0.4, 0.5) is 14.5 Å². The van der Waals surface area contributed by atoms with Crippen LogP contribution in [-0.4, -0.2) is 22.4 Å². The zero-order chi connectivity index (χ0) is 22.0. The molecule has 1 aliphatic rings. The van der Waals surface area contributed by atoms with Crippen LogP contribution in [0.5, 0.6) is 0 Å². The molecule has 0 fully saturated rings. The van der Waals surface area contributed by atoms with Crippen molar-refractivity contribution in [3.63, 3.8) is 0 Å². The summed E-state index contributed by atoms with van der Waals surface area (Å²) in [4.78, 5) is 17.0. The van der Waals surface area contributed by atoms with Crippen LogP contribution >= 0.6 is 0 Å². The highest BCUT2D eigenvalue weighted by Gasteiger charge is 2.38. The molecule has 1 atom stereocenters. The normalized spacial score (nSPS) is 16.6. The van der Waals surface area contributed by atoms with E-state index in [1.54, 1.807) is 37.6 Å². The molecular weight excluding hydrogens is 418 g/mol. The third kappa shape index (κ3) is 4.36. The van der Waals surface area contributed by atoms with Crippen LogP contribution in [0.25, 0.3) is 6.08 Å². The van der Waals surface area contributed by atoms with Crippen LogP contribution < -0.4 is 4.31 Å². The Morgan fingerprint density at radius 3 is 2.61 bits per heavy atom. The molecule has 0 saturated heterocycles. The van der Waals surface area contributed by atoms with Crippen LogP contribution in [0.3, 0.4) is 0 Å². The first-order chi connectivity index (χ1) is 14.9. The molecule has 0 radical (unpaired) electrons. The first-order valence-corrected chi connectivity index (χ1v) is 10.4. The van der Waals surface area contributed by atoms with Crippen molar-refractivity contribution in [3.05, 3.63) is 99.7 Å². The first-order valence-electron chi connectivity index (χ1n) is 9.33. The monoisotopic (exact) mass is 434 g/mol. The summed E-state index contributed by atoms with van der Waals surface area (Å²) >= 11 is -1.78. The van der Waals surface area contributed by atoms with Crippen molar-refractivity contribution < 1.29 is 18.1 Å². The van der Waals surface area contributed by atoms with Crippen LogP contribution in [0.1, 0.15) is 27.0 Å². The lowest BCUT2D eigenvalue weighted by molar-refractivity contribution is 0.104. The molecule has 2 heterocycles. The number of allylic oxidation sites excluding steroid dienone is 1. The lowest BCUT2D eigenvalue weighted by atomic mass is 10.0. The van der Waals surface area contributed by atoms with Gasteiger partial charge in [0.25, 0.3) is 0 Å². The molecule has 0 N–H and O–H groups in total. The van der Waals surface area contributed by atoms with Crippen molar-refractivity contribution in [1.29, 1.82) is 0 Å². The number of nitrogens with zero attached hydrogens (tertiary/aromatic N) is 2. The molecule has 0 aliphatic carbocycles. The molecule has 0 bridgehead atoms. The number of fused-ring (bicyclic) bond motifs is 1. The Balaban J connectivity index is 1.66. The van der Waals surface area contributed by atoms with E-state index in [4.69, 9.17) is 0 Å². The van der Waals surface area contributed by atoms with Gasteiger partial charge in [0.1, 0.15) is 11.4 Å². The summed E-state index contributed by atoms with van der Waals surface area (Å²) in [7, 11) is 1.61. The molecule has 1 aliphatic heterocycles. The standard InChI is InChI=1S/C24H16F2N2O2S/c1-28-22-8-6-17(4-2-3-16-9-11-27-12-10-16)13-19(22)24(29)23(31(28)30)15-18-5-7-20(25)21(26)14-18/h5-15H,3H2,1H3/b23-15+. The van der Waals surface area contributed by atoms with Gasteiger partial charge in [-0.2, -0.15) is 4.31 Å². The minimum atomic E-state index is -1.78. The molecule has 4 nitrogen and oxygen atoms in total. The van der Waals surface area contributed by atoms with E-state index in [1.165, 1.54) is 16.4 Å². The van der Waals surface area contributed by atoms with Gasteiger partial charge in [-0.25, -0.2) is 8.78 Å². The largest absolute Gasteiger partial charge is 0.588 e. The smallest absolute Gasteiger partial charge is 0.245 e. The molecule has 3 aromatic rings. The molecule has 0 amide bonds. The predicted octanol–water partition coefficient (Wildman–Crippen LogP) is 4.29. The van der Waals surface area contributed by atoms with Crippen molar-refractivity contribution in [2.45, 2.75) is 6.42 Å². The fourth-order valence-electron chi connectivity index (χ4n) is 3.14. The second-order valence-corrected chi connectivity index (χ2v) is 8.31. The zero-order valence-corrected chi connectivity index (χ0v) is 17.2. The summed E-state index contributed by atoms with van der Waals surface area (Å²) in [5.41, 5.74) is 2.80. The molecule has 4 rings (SSSR count). The maximum Gasteiger partial charge on any atom is 0.245 e. The Hall–Kier alpha value is -3.47. The Kier molecular flexibility index (Phi) is 5.85. The van der Waals surface area contributed by atoms with E-state index in [-0.39, 0.29) is 10.5 Å². The van der Waals surface area contributed by atoms with Crippen LogP contribution in [-0.2, 0) is 17.8 Å². The number of pyridine rings is 1. The van der Waals surface area contributed by atoms with Gasteiger partial charge in [-0.05, 0) is 53.6 Å². The molecule has 0 spiro atoms. The summed E-state index contributed by atoms with van der Waals surface area (Å²) < 4.78 is 41.0. The van der Waals surface area contributed by atoms with Crippen LogP contribution in [0.15, 0.2) is 65.8 Å². The lowest BCUT2D eigenvalue weighted by Gasteiger charge is -2.29. The second-order valence-electron chi connectivity index (χ2n) is 6.82. The number of halogens is 2. The SMILES string of the molecule is CN1c2ccc(C#CCc3ccncc3)cc2C(=O)/C(=C\c2ccc(F)c(F)c2)[S+]1[O-]. The Morgan fingerprint density at radius 1 is 1.10 bits per heavy atom. The number of hydrogen-bond acceptors (Lipinski definition) is 4. The number of anilines is 1. The molecule has 7 heteroatoms. The summed E-state index contributed by atoms with van der Waals surface area (Å²) in [6.45, 7) is 0. The van der Waals surface area contributed by atoms with Crippen LogP contribution in [0, 0.1) is 23.5 Å². The van der Waals surface area contributed by atoms with Gasteiger partial charge in [0.2, 0.25) is 10.7 Å². The number of aromatic nitrogens is 1. The van der Waals surface area contributed by atoms with Gasteiger partial charge in [0.05, 0.1) is 18.3 Å². The fourth-order valence-corrected chi connectivity index (χ4v) is 4.28. The lowest BCUT2D eigenvalue weighted by Crippen LogP contribution is -2.36. The summed E-state index contributed by atoms with van der Waals surface area (Å²) in [5, 5.41) is 0. The number of carbonyl (C=O) groups excluding carboxylic acids is 1. The van der Waals surface area contributed by atoms with E-state index in [0.717, 1.165) is 17.7 Å². The Bertz CT molecular complexity index is 1250. The number of hydrogen-bond donors (Lipinski definition) is 0. The van der Waals surface area contributed by atoms with Gasteiger partial charge in [-0.1, -0.05) is 17.9 Å². The van der Waals surface area contributed by atoms with Crippen molar-refractivity contribution in [3.8, 4) is 11.8 Å². The summed E-state index contributed by atoms with van der Waals surface area (Å²) in [5.74, 6) is 3.64. The van der Waals surface area contributed by atoms with Gasteiger partial charge in [-0.3, -0.25) is 9.78 Å². The quantitative estimate of drug-likeness (QED) is 0.343. The minimum Gasteiger partial charge on any atom is -0.588 e. The van der Waals surface area contributed by atoms with E-state index in [0.29, 0.717) is 23.2 Å². The number of benzene rings is 2. The molecule has 1 unspecified atom stereocenters. The zero-order valence-electron chi connectivity index (χ0n) is 16.4. The highest BCUT2D eigenvalue weighted by molar-refractivity contribution is 7.97. The maximum atomic E-state index is 13.5. The predicted molar refractivity (Wildman–Crippen MR) is 116 cm³/mol. The molecule has 1 aromatic heterocycles. The fraction of sp³-hybridized carbons (Fsp3) is 0.0833. The average Bonchev–Trinajstić information content (AvgIpc) is 2.78. The van der Waals surface area contributed by atoms with Gasteiger partial charge in [0, 0.05) is 30.5 Å². The molecule has 31 heavy (non-hydrogen) atoms. The van der Waals surface area contributed by atoms with Gasteiger partial charge in [-0.15, -0.1) is 0 Å². The number of carbonyl (C=O) groups is 1. The maximum absolute atomic E-state index is 13.5. The third-order valence-corrected chi connectivity index (χ3v) is 6.13. The van der Waals surface area contributed by atoms with E-state index in [1.807, 2.05) is 12.1 Å². The minimum absolute atomic E-state index is 0.0112. The highest BCUT2D eigenvalue weighted by Crippen LogP contribution is 2.35. The van der Waals surface area contributed by atoms with E-state index >= 15 is 0 Å². The van der Waals surface area contributed by atoms with Crippen LogP contribution in [0.2, 0.25) is 0 Å². The van der Waals surface area contributed by atoms with Gasteiger partial charge < -0.3 is 4.55 Å². The topological polar surface area (TPSA) is 56.3 Å². The summed E-state index contributed by atoms with van der Waals surface area (Å²) in [6.07, 6.45) is 5.26. The number of Topliss-reactive ketones (excluding diaryl/α,β-unsaturated/α-hetero) is 1. The second kappa shape index (κ2) is 8.72. The van der Waals surface area contributed by atoms with Crippen molar-refractivity contribution >= 4 is 28.9 Å². The highest BCUT2D eigenvalue weighted by atomic mass is 32.2. The Labute approximate surface area is 181 Å². The summed E-state index contributed by atoms with van der Waals surface area (Å²) in [6, 6.07) is 12.1. The first kappa shape index (κ1) is 20.8.